The van der Waals surface area contributed by atoms with Gasteiger partial charge < -0.3 is 19.1 Å². The second kappa shape index (κ2) is 9.15. The molecule has 1 aliphatic rings. The Morgan fingerprint density at radius 1 is 0.895 bits per heavy atom. The predicted octanol–water partition coefficient (Wildman–Crippen LogP) is 5.60. The minimum Gasteiger partial charge on any atom is -0.457 e. The topological polar surface area (TPSA) is 75.1 Å². The molecule has 0 spiro atoms. The number of anilines is 1. The number of likely N-dealkylation sites (N-methyl/N-ethyl adjacent to an activating group) is 1. The van der Waals surface area contributed by atoms with Crippen molar-refractivity contribution in [2.75, 3.05) is 37.6 Å². The number of imidazole rings is 1. The second-order valence-corrected chi connectivity index (χ2v) is 9.83. The van der Waals surface area contributed by atoms with Crippen LogP contribution in [-0.2, 0) is 7.05 Å². The van der Waals surface area contributed by atoms with E-state index in [1.54, 1.807) is 6.20 Å². The Balaban J connectivity index is 1.22. The van der Waals surface area contributed by atoms with Crippen molar-refractivity contribution >= 4 is 38.5 Å². The van der Waals surface area contributed by atoms with E-state index in [-0.39, 0.29) is 0 Å². The van der Waals surface area contributed by atoms with Crippen molar-refractivity contribution in [1.82, 2.24) is 29.6 Å². The third kappa shape index (κ3) is 3.94. The van der Waals surface area contributed by atoms with Gasteiger partial charge in [-0.3, -0.25) is 10.1 Å². The fraction of sp³-hybridized carbons (Fsp3) is 0.233. The van der Waals surface area contributed by atoms with Gasteiger partial charge in [0, 0.05) is 61.9 Å². The van der Waals surface area contributed by atoms with E-state index in [1.165, 1.54) is 5.69 Å². The summed E-state index contributed by atoms with van der Waals surface area (Å²) in [6.07, 6.45) is 1.79. The van der Waals surface area contributed by atoms with Gasteiger partial charge in [-0.05, 0) is 61.1 Å². The van der Waals surface area contributed by atoms with Crippen molar-refractivity contribution < 1.29 is 4.74 Å². The molecule has 38 heavy (non-hydrogen) atoms. The van der Waals surface area contributed by atoms with E-state index in [2.05, 4.69) is 61.7 Å². The van der Waals surface area contributed by atoms with E-state index in [0.29, 0.717) is 0 Å². The first kappa shape index (κ1) is 22.7. The van der Waals surface area contributed by atoms with Gasteiger partial charge in [0.1, 0.15) is 17.2 Å². The van der Waals surface area contributed by atoms with Crippen LogP contribution in [0.25, 0.3) is 44.4 Å². The summed E-state index contributed by atoms with van der Waals surface area (Å²) in [5.74, 6) is 2.31. The molecule has 0 aliphatic carbocycles. The number of fused-ring (bicyclic) bond motifs is 3. The largest absolute Gasteiger partial charge is 0.457 e. The molecule has 1 N–H and O–H groups in total. The number of H-pyrrole nitrogens is 1. The van der Waals surface area contributed by atoms with Crippen LogP contribution in [0.15, 0.2) is 72.9 Å². The molecule has 0 bridgehead atoms. The molecule has 0 radical (unpaired) electrons. The molecule has 0 amide bonds. The summed E-state index contributed by atoms with van der Waals surface area (Å²) in [5.41, 5.74) is 5.96. The maximum Gasteiger partial charge on any atom is 0.162 e. The summed E-state index contributed by atoms with van der Waals surface area (Å²) < 4.78 is 8.36. The third-order valence-electron chi connectivity index (χ3n) is 7.61. The van der Waals surface area contributed by atoms with Crippen molar-refractivity contribution in [3.63, 3.8) is 0 Å². The number of rotatable bonds is 5. The second-order valence-electron chi connectivity index (χ2n) is 9.83. The lowest BCUT2D eigenvalue weighted by molar-refractivity contribution is 0.271. The number of piperazine rings is 1. The van der Waals surface area contributed by atoms with E-state index >= 15 is 0 Å². The minimum atomic E-state index is 0.739. The fourth-order valence-electron chi connectivity index (χ4n) is 5.38. The number of pyridine rings is 1. The number of benzene rings is 3. The smallest absolute Gasteiger partial charge is 0.162 e. The molecule has 1 saturated heterocycles. The summed E-state index contributed by atoms with van der Waals surface area (Å²) in [5, 5.41) is 9.87. The summed E-state index contributed by atoms with van der Waals surface area (Å²) in [6.45, 7) is 7.64. The number of aromatic nitrogens is 5. The Morgan fingerprint density at radius 3 is 2.61 bits per heavy atom. The number of hydrogen-bond acceptors (Lipinski definition) is 6. The van der Waals surface area contributed by atoms with E-state index in [1.807, 2.05) is 48.5 Å². The van der Waals surface area contributed by atoms with E-state index in [9.17, 15) is 0 Å². The van der Waals surface area contributed by atoms with Gasteiger partial charge in [-0.2, -0.15) is 5.10 Å². The van der Waals surface area contributed by atoms with Crippen molar-refractivity contribution in [2.24, 2.45) is 7.05 Å². The lowest BCUT2D eigenvalue weighted by Crippen LogP contribution is -2.46. The van der Waals surface area contributed by atoms with Gasteiger partial charge in [-0.15, -0.1) is 0 Å². The van der Waals surface area contributed by atoms with Crippen molar-refractivity contribution in [1.29, 1.82) is 0 Å². The minimum absolute atomic E-state index is 0.739. The van der Waals surface area contributed by atoms with Gasteiger partial charge in [0.15, 0.2) is 5.82 Å². The summed E-state index contributed by atoms with van der Waals surface area (Å²) >= 11 is 0. The summed E-state index contributed by atoms with van der Waals surface area (Å²) in [4.78, 5) is 14.4. The SMILES string of the molecule is CCN1CCN(c2ccc3nc(-c4n[nH]c5ccc(Oc6ccc7cccnc7c6)cc45)n(C)c3c2)CC1. The van der Waals surface area contributed by atoms with Crippen LogP contribution < -0.4 is 9.64 Å². The average molecular weight is 504 g/mol. The first-order valence-electron chi connectivity index (χ1n) is 13.1. The first-order chi connectivity index (χ1) is 18.7. The molecular formula is C30H29N7O. The van der Waals surface area contributed by atoms with E-state index in [0.717, 1.165) is 88.6 Å². The van der Waals surface area contributed by atoms with Gasteiger partial charge in [0.25, 0.3) is 0 Å². The Labute approximate surface area is 220 Å². The standard InChI is InChI=1S/C30H29N7O/c1-3-36-13-15-37(16-14-36)21-7-10-26-28(17-21)35(2)30(32-26)29-24-18-22(9-11-25(24)33-34-29)38-23-8-6-20-5-4-12-31-27(20)19-23/h4-12,17-19H,3,13-16H2,1-2H3,(H,33,34). The Bertz CT molecular complexity index is 1780. The fourth-order valence-corrected chi connectivity index (χ4v) is 5.38. The first-order valence-corrected chi connectivity index (χ1v) is 13.1. The zero-order chi connectivity index (χ0) is 25.6. The van der Waals surface area contributed by atoms with Gasteiger partial charge in [-0.1, -0.05) is 13.0 Å². The normalized spacial score (nSPS) is 14.6. The van der Waals surface area contributed by atoms with E-state index in [4.69, 9.17) is 9.72 Å². The van der Waals surface area contributed by atoms with E-state index < -0.39 is 0 Å². The summed E-state index contributed by atoms with van der Waals surface area (Å²) in [6, 6.07) is 22.5. The van der Waals surface area contributed by atoms with Gasteiger partial charge in [0.2, 0.25) is 0 Å². The molecule has 4 heterocycles. The number of ether oxygens (including phenoxy) is 1. The maximum atomic E-state index is 6.22. The Hall–Kier alpha value is -4.43. The number of nitrogens with one attached hydrogen (secondary N) is 1. The highest BCUT2D eigenvalue weighted by Gasteiger charge is 2.20. The number of hydrogen-bond donors (Lipinski definition) is 1. The van der Waals surface area contributed by atoms with Crippen molar-refractivity contribution in [2.45, 2.75) is 6.92 Å². The molecule has 3 aromatic heterocycles. The molecule has 1 fully saturated rings. The van der Waals surface area contributed by atoms with Gasteiger partial charge in [-0.25, -0.2) is 4.98 Å². The third-order valence-corrected chi connectivity index (χ3v) is 7.61. The lowest BCUT2D eigenvalue weighted by Gasteiger charge is -2.35. The zero-order valence-corrected chi connectivity index (χ0v) is 21.6. The predicted molar refractivity (Wildman–Crippen MR) is 152 cm³/mol. The average Bonchev–Trinajstić information content (AvgIpc) is 3.53. The van der Waals surface area contributed by atoms with Gasteiger partial charge >= 0.3 is 0 Å². The molecule has 8 nitrogen and oxygen atoms in total. The maximum absolute atomic E-state index is 6.22. The molecule has 0 atom stereocenters. The lowest BCUT2D eigenvalue weighted by atomic mass is 10.2. The zero-order valence-electron chi connectivity index (χ0n) is 21.6. The van der Waals surface area contributed by atoms with Crippen LogP contribution in [0.4, 0.5) is 5.69 Å². The van der Waals surface area contributed by atoms with Crippen LogP contribution in [-0.4, -0.2) is 62.4 Å². The number of aryl methyl sites for hydroxylation is 1. The van der Waals surface area contributed by atoms with Crippen molar-refractivity contribution in [3.8, 4) is 23.0 Å². The van der Waals surface area contributed by atoms with Crippen LogP contribution in [0.1, 0.15) is 6.92 Å². The van der Waals surface area contributed by atoms with Crippen LogP contribution in [0.5, 0.6) is 11.5 Å². The molecule has 8 heteroatoms. The highest BCUT2D eigenvalue weighted by atomic mass is 16.5. The molecular weight excluding hydrogens is 474 g/mol. The number of aromatic amines is 1. The summed E-state index contributed by atoms with van der Waals surface area (Å²) in [7, 11) is 2.06. The van der Waals surface area contributed by atoms with Crippen LogP contribution in [0.2, 0.25) is 0 Å². The quantitative estimate of drug-likeness (QED) is 0.330. The molecule has 7 rings (SSSR count). The Morgan fingerprint density at radius 2 is 1.74 bits per heavy atom. The molecule has 1 aliphatic heterocycles. The van der Waals surface area contributed by atoms with Crippen LogP contribution >= 0.6 is 0 Å². The van der Waals surface area contributed by atoms with Gasteiger partial charge in [0.05, 0.1) is 22.1 Å². The van der Waals surface area contributed by atoms with Crippen LogP contribution in [0.3, 0.4) is 0 Å². The highest BCUT2D eigenvalue weighted by Crippen LogP contribution is 2.33. The van der Waals surface area contributed by atoms with Crippen molar-refractivity contribution in [3.05, 3.63) is 72.9 Å². The highest BCUT2D eigenvalue weighted by molar-refractivity contribution is 5.94. The molecule has 3 aromatic carbocycles. The molecule has 190 valence electrons. The molecule has 6 aromatic rings. The monoisotopic (exact) mass is 503 g/mol. The molecule has 0 saturated carbocycles. The molecule has 0 unspecified atom stereocenters. The van der Waals surface area contributed by atoms with Crippen LogP contribution in [0, 0.1) is 0 Å². The number of nitrogens with zero attached hydrogens (tertiary/aromatic N) is 6. The Kier molecular flexibility index (Phi) is 5.47.